The fourth-order valence-electron chi connectivity index (χ4n) is 2.01. The molecule has 98 valence electrons. The maximum atomic E-state index is 11.8. The molecule has 2 N–H and O–H groups in total. The normalized spacial score (nSPS) is 19.1. The topological polar surface area (TPSA) is 89.4 Å². The van der Waals surface area contributed by atoms with Crippen LogP contribution in [0.2, 0.25) is 0 Å². The van der Waals surface area contributed by atoms with Crippen LogP contribution in [0.5, 0.6) is 0 Å². The van der Waals surface area contributed by atoms with Crippen molar-refractivity contribution in [1.29, 1.82) is 0 Å². The number of hydrogen-bond acceptors (Lipinski definition) is 5. The van der Waals surface area contributed by atoms with Crippen LogP contribution in [0.3, 0.4) is 0 Å². The molecular formula is C12H11N3O3S. The summed E-state index contributed by atoms with van der Waals surface area (Å²) in [4.78, 5) is 28.8. The molecule has 0 aromatic carbocycles. The highest BCUT2D eigenvalue weighted by atomic mass is 32.1. The lowest BCUT2D eigenvalue weighted by Gasteiger charge is -2.11. The molecule has 2 aromatic rings. The number of nitrogens with two attached hydrogens (primary N) is 1. The third-order valence-corrected chi connectivity index (χ3v) is 3.89. The number of primary amides is 1. The zero-order valence-corrected chi connectivity index (χ0v) is 10.7. The van der Waals surface area contributed by atoms with Crippen molar-refractivity contribution in [2.24, 2.45) is 11.7 Å². The summed E-state index contributed by atoms with van der Waals surface area (Å²) < 4.78 is 5.25. The summed E-state index contributed by atoms with van der Waals surface area (Å²) in [6, 6.07) is 3.58. The standard InChI is InChI=1S/C12H11N3O3S/c13-11(17)7-4-10(16)15(5-7)12-14-8(6-19-12)9-2-1-3-18-9/h1-3,6-7H,4-5H2,(H2,13,17). The number of rotatable bonds is 3. The van der Waals surface area contributed by atoms with Crippen molar-refractivity contribution < 1.29 is 14.0 Å². The number of carbonyl (C=O) groups is 2. The Labute approximate surface area is 112 Å². The van der Waals surface area contributed by atoms with Gasteiger partial charge in [0.1, 0.15) is 5.69 Å². The van der Waals surface area contributed by atoms with Crippen LogP contribution in [0, 0.1) is 5.92 Å². The lowest BCUT2D eigenvalue weighted by molar-refractivity contribution is -0.123. The Morgan fingerprint density at radius 3 is 3.05 bits per heavy atom. The predicted octanol–water partition coefficient (Wildman–Crippen LogP) is 1.24. The summed E-state index contributed by atoms with van der Waals surface area (Å²) in [5.74, 6) is -0.341. The number of thiazole rings is 1. The van der Waals surface area contributed by atoms with Gasteiger partial charge in [0.2, 0.25) is 11.8 Å². The second-order valence-electron chi connectivity index (χ2n) is 4.30. The van der Waals surface area contributed by atoms with E-state index in [0.717, 1.165) is 0 Å². The molecule has 1 aliphatic heterocycles. The molecule has 1 unspecified atom stereocenters. The molecule has 0 radical (unpaired) electrons. The van der Waals surface area contributed by atoms with E-state index in [9.17, 15) is 9.59 Å². The van der Waals surface area contributed by atoms with Crippen molar-refractivity contribution in [2.75, 3.05) is 11.4 Å². The largest absolute Gasteiger partial charge is 0.463 e. The van der Waals surface area contributed by atoms with Gasteiger partial charge in [-0.3, -0.25) is 14.5 Å². The molecule has 6 nitrogen and oxygen atoms in total. The Bertz CT molecular complexity index is 620. The van der Waals surface area contributed by atoms with Gasteiger partial charge in [0.05, 0.1) is 12.2 Å². The quantitative estimate of drug-likeness (QED) is 0.914. The highest BCUT2D eigenvalue weighted by Crippen LogP contribution is 2.31. The number of amides is 2. The second kappa shape index (κ2) is 4.51. The number of aromatic nitrogens is 1. The minimum Gasteiger partial charge on any atom is -0.463 e. The summed E-state index contributed by atoms with van der Waals surface area (Å²) in [6.07, 6.45) is 1.73. The van der Waals surface area contributed by atoms with E-state index in [2.05, 4.69) is 4.98 Å². The third-order valence-electron chi connectivity index (χ3n) is 3.02. The third kappa shape index (κ3) is 2.12. The Hall–Kier alpha value is -2.15. The zero-order valence-electron chi connectivity index (χ0n) is 9.91. The van der Waals surface area contributed by atoms with E-state index in [0.29, 0.717) is 23.1 Å². The van der Waals surface area contributed by atoms with Crippen LogP contribution in [0.15, 0.2) is 28.2 Å². The highest BCUT2D eigenvalue weighted by Gasteiger charge is 2.35. The summed E-state index contributed by atoms with van der Waals surface area (Å²) in [5, 5.41) is 2.39. The van der Waals surface area contributed by atoms with Crippen LogP contribution >= 0.6 is 11.3 Å². The van der Waals surface area contributed by atoms with Crippen LogP contribution in [-0.4, -0.2) is 23.3 Å². The lowest BCUT2D eigenvalue weighted by Crippen LogP contribution is -2.28. The van der Waals surface area contributed by atoms with E-state index in [4.69, 9.17) is 10.2 Å². The molecule has 2 amide bonds. The molecule has 1 atom stereocenters. The van der Waals surface area contributed by atoms with Crippen LogP contribution in [-0.2, 0) is 9.59 Å². The van der Waals surface area contributed by atoms with Crippen LogP contribution in [0.1, 0.15) is 6.42 Å². The van der Waals surface area contributed by atoms with Gasteiger partial charge >= 0.3 is 0 Å². The Morgan fingerprint density at radius 2 is 2.42 bits per heavy atom. The lowest BCUT2D eigenvalue weighted by atomic mass is 10.1. The van der Waals surface area contributed by atoms with E-state index in [1.165, 1.54) is 16.2 Å². The van der Waals surface area contributed by atoms with Crippen molar-refractivity contribution in [3.05, 3.63) is 23.8 Å². The number of anilines is 1. The van der Waals surface area contributed by atoms with Gasteiger partial charge in [-0.1, -0.05) is 0 Å². The summed E-state index contributed by atoms with van der Waals surface area (Å²) >= 11 is 1.34. The van der Waals surface area contributed by atoms with E-state index in [1.54, 1.807) is 18.4 Å². The maximum absolute atomic E-state index is 11.8. The number of hydrogen-bond donors (Lipinski definition) is 1. The number of nitrogens with zero attached hydrogens (tertiary/aromatic N) is 2. The maximum Gasteiger partial charge on any atom is 0.229 e. The first-order valence-electron chi connectivity index (χ1n) is 5.74. The Balaban J connectivity index is 1.84. The molecule has 0 saturated carbocycles. The molecule has 3 heterocycles. The highest BCUT2D eigenvalue weighted by molar-refractivity contribution is 7.14. The van der Waals surface area contributed by atoms with Gasteiger partial charge in [-0.05, 0) is 12.1 Å². The molecule has 1 fully saturated rings. The fraction of sp³-hybridized carbons (Fsp3) is 0.250. The SMILES string of the molecule is NC(=O)C1CC(=O)N(c2nc(-c3ccco3)cs2)C1. The van der Waals surface area contributed by atoms with Gasteiger partial charge in [-0.15, -0.1) is 11.3 Å². The molecule has 3 rings (SSSR count). The average molecular weight is 277 g/mol. The van der Waals surface area contributed by atoms with Gasteiger partial charge in [0.15, 0.2) is 10.9 Å². The van der Waals surface area contributed by atoms with Gasteiger partial charge in [0, 0.05) is 18.3 Å². The number of carbonyl (C=O) groups excluding carboxylic acids is 2. The molecule has 7 heteroatoms. The van der Waals surface area contributed by atoms with E-state index in [1.807, 2.05) is 5.38 Å². The molecule has 19 heavy (non-hydrogen) atoms. The fourth-order valence-corrected chi connectivity index (χ4v) is 2.85. The average Bonchev–Trinajstić information content (AvgIpc) is 3.07. The van der Waals surface area contributed by atoms with Crippen LogP contribution in [0.4, 0.5) is 5.13 Å². The van der Waals surface area contributed by atoms with Crippen molar-refractivity contribution in [3.8, 4) is 11.5 Å². The molecule has 0 bridgehead atoms. The molecule has 2 aromatic heterocycles. The molecule has 1 aliphatic rings. The van der Waals surface area contributed by atoms with Crippen molar-refractivity contribution in [2.45, 2.75) is 6.42 Å². The van der Waals surface area contributed by atoms with Gasteiger partial charge in [-0.2, -0.15) is 0 Å². The minimum atomic E-state index is -0.446. The first kappa shape index (κ1) is 11.9. The van der Waals surface area contributed by atoms with Crippen molar-refractivity contribution in [1.82, 2.24) is 4.98 Å². The summed E-state index contributed by atoms with van der Waals surface area (Å²) in [7, 11) is 0. The van der Waals surface area contributed by atoms with Crippen LogP contribution < -0.4 is 10.6 Å². The van der Waals surface area contributed by atoms with Crippen molar-refractivity contribution in [3.63, 3.8) is 0 Å². The summed E-state index contributed by atoms with van der Waals surface area (Å²) in [6.45, 7) is 0.305. The molecule has 0 aliphatic carbocycles. The Morgan fingerprint density at radius 1 is 1.58 bits per heavy atom. The van der Waals surface area contributed by atoms with E-state index >= 15 is 0 Å². The van der Waals surface area contributed by atoms with E-state index < -0.39 is 11.8 Å². The zero-order chi connectivity index (χ0) is 13.4. The monoisotopic (exact) mass is 277 g/mol. The second-order valence-corrected chi connectivity index (χ2v) is 5.14. The summed E-state index contributed by atoms with van der Waals surface area (Å²) in [5.41, 5.74) is 5.91. The predicted molar refractivity (Wildman–Crippen MR) is 69.5 cm³/mol. The van der Waals surface area contributed by atoms with Crippen molar-refractivity contribution >= 4 is 28.3 Å². The first-order valence-corrected chi connectivity index (χ1v) is 6.62. The Kier molecular flexibility index (Phi) is 2.83. The van der Waals surface area contributed by atoms with Gasteiger partial charge in [-0.25, -0.2) is 4.98 Å². The van der Waals surface area contributed by atoms with Gasteiger partial charge < -0.3 is 10.2 Å². The number of furan rings is 1. The molecular weight excluding hydrogens is 266 g/mol. The molecule has 0 spiro atoms. The van der Waals surface area contributed by atoms with E-state index in [-0.39, 0.29) is 12.3 Å². The van der Waals surface area contributed by atoms with Gasteiger partial charge in [0.25, 0.3) is 0 Å². The smallest absolute Gasteiger partial charge is 0.229 e. The molecule has 1 saturated heterocycles. The minimum absolute atomic E-state index is 0.121. The first-order chi connectivity index (χ1) is 9.15. The van der Waals surface area contributed by atoms with Crippen LogP contribution in [0.25, 0.3) is 11.5 Å².